The van der Waals surface area contributed by atoms with Crippen molar-refractivity contribution < 1.29 is 9.18 Å². The normalized spacial score (nSPS) is 15.0. The lowest BCUT2D eigenvalue weighted by atomic mass is 10.1. The Morgan fingerprint density at radius 3 is 2.60 bits per heavy atom. The molecule has 2 aromatic heterocycles. The Balaban J connectivity index is 1.25. The first-order valence-electron chi connectivity index (χ1n) is 9.94. The van der Waals surface area contributed by atoms with Crippen LogP contribution < -0.4 is 0 Å². The SMILES string of the molecule is O=C(c1cncn1-c1ccc(F)cc1)N1CCN(Cc2csc3ccccc23)CC1. The number of aromatic nitrogens is 2. The quantitative estimate of drug-likeness (QED) is 0.497. The third-order valence-corrected chi connectivity index (χ3v) is 6.59. The number of amides is 1. The van der Waals surface area contributed by atoms with Crippen LogP contribution in [0, 0.1) is 5.82 Å². The molecule has 0 bridgehead atoms. The molecule has 1 amide bonds. The van der Waals surface area contributed by atoms with Gasteiger partial charge in [-0.15, -0.1) is 11.3 Å². The lowest BCUT2D eigenvalue weighted by molar-refractivity contribution is 0.0621. The maximum atomic E-state index is 13.2. The highest BCUT2D eigenvalue weighted by atomic mass is 32.1. The van der Waals surface area contributed by atoms with Gasteiger partial charge in [0, 0.05) is 43.1 Å². The highest BCUT2D eigenvalue weighted by Gasteiger charge is 2.25. The number of nitrogens with zero attached hydrogens (tertiary/aromatic N) is 4. The maximum absolute atomic E-state index is 13.2. The van der Waals surface area contributed by atoms with Gasteiger partial charge in [0.1, 0.15) is 11.5 Å². The van der Waals surface area contributed by atoms with E-state index in [1.165, 1.54) is 27.8 Å². The van der Waals surface area contributed by atoms with Crippen LogP contribution in [0.2, 0.25) is 0 Å². The van der Waals surface area contributed by atoms with Crippen molar-refractivity contribution in [2.75, 3.05) is 26.2 Å². The molecular weight excluding hydrogens is 399 g/mol. The molecule has 1 saturated heterocycles. The van der Waals surface area contributed by atoms with E-state index in [2.05, 4.69) is 39.5 Å². The molecule has 7 heteroatoms. The van der Waals surface area contributed by atoms with Gasteiger partial charge in [-0.3, -0.25) is 14.3 Å². The van der Waals surface area contributed by atoms with E-state index in [0.717, 1.165) is 25.3 Å². The predicted molar refractivity (Wildman–Crippen MR) is 117 cm³/mol. The molecule has 0 N–H and O–H groups in total. The van der Waals surface area contributed by atoms with E-state index in [1.54, 1.807) is 40.6 Å². The first-order chi connectivity index (χ1) is 14.7. The fourth-order valence-corrected chi connectivity index (χ4v) is 4.88. The number of rotatable bonds is 4. The number of halogens is 1. The number of imidazole rings is 1. The standard InChI is InChI=1S/C23H21FN4OS/c24-18-5-7-19(8-6-18)28-16-25-13-21(28)23(29)27-11-9-26(10-12-27)14-17-15-30-22-4-2-1-3-20(17)22/h1-8,13,15-16H,9-12,14H2. The molecule has 0 unspecified atom stereocenters. The van der Waals surface area contributed by atoms with Crippen molar-refractivity contribution in [3.63, 3.8) is 0 Å². The summed E-state index contributed by atoms with van der Waals surface area (Å²) in [7, 11) is 0. The average molecular weight is 421 g/mol. The molecule has 0 aliphatic carbocycles. The zero-order chi connectivity index (χ0) is 20.5. The third-order valence-electron chi connectivity index (χ3n) is 5.58. The summed E-state index contributed by atoms with van der Waals surface area (Å²) in [4.78, 5) is 21.5. The van der Waals surface area contributed by atoms with Crippen LogP contribution in [0.1, 0.15) is 16.1 Å². The van der Waals surface area contributed by atoms with E-state index in [4.69, 9.17) is 0 Å². The monoisotopic (exact) mass is 420 g/mol. The van der Waals surface area contributed by atoms with Crippen LogP contribution in [0.3, 0.4) is 0 Å². The van der Waals surface area contributed by atoms with E-state index in [9.17, 15) is 9.18 Å². The molecule has 5 nitrogen and oxygen atoms in total. The minimum atomic E-state index is -0.304. The molecule has 2 aromatic carbocycles. The molecule has 0 spiro atoms. The maximum Gasteiger partial charge on any atom is 0.272 e. The number of piperazine rings is 1. The Bertz CT molecular complexity index is 1180. The van der Waals surface area contributed by atoms with Crippen LogP contribution >= 0.6 is 11.3 Å². The van der Waals surface area contributed by atoms with Gasteiger partial charge in [0.2, 0.25) is 0 Å². The van der Waals surface area contributed by atoms with Gasteiger partial charge < -0.3 is 4.90 Å². The fourth-order valence-electron chi connectivity index (χ4n) is 3.93. The number of thiophene rings is 1. The molecule has 4 aromatic rings. The van der Waals surface area contributed by atoms with E-state index in [1.807, 2.05) is 4.90 Å². The second kappa shape index (κ2) is 8.01. The molecule has 1 aliphatic rings. The minimum Gasteiger partial charge on any atom is -0.335 e. The molecule has 5 rings (SSSR count). The number of benzene rings is 2. The van der Waals surface area contributed by atoms with Crippen LogP contribution in [0.4, 0.5) is 4.39 Å². The largest absolute Gasteiger partial charge is 0.335 e. The van der Waals surface area contributed by atoms with E-state index >= 15 is 0 Å². The van der Waals surface area contributed by atoms with E-state index in [-0.39, 0.29) is 11.7 Å². The van der Waals surface area contributed by atoms with Crippen molar-refractivity contribution in [3.8, 4) is 5.69 Å². The summed E-state index contributed by atoms with van der Waals surface area (Å²) < 4.78 is 16.3. The van der Waals surface area contributed by atoms with Crippen LogP contribution in [-0.4, -0.2) is 51.4 Å². The Labute approximate surface area is 178 Å². The van der Waals surface area contributed by atoms with Crippen LogP contribution in [0.5, 0.6) is 0 Å². The van der Waals surface area contributed by atoms with Crippen molar-refractivity contribution >= 4 is 27.3 Å². The predicted octanol–water partition coefficient (Wildman–Crippen LogP) is 4.18. The zero-order valence-electron chi connectivity index (χ0n) is 16.4. The molecule has 0 saturated carbocycles. The van der Waals surface area contributed by atoms with Crippen molar-refractivity contribution in [1.29, 1.82) is 0 Å². The summed E-state index contributed by atoms with van der Waals surface area (Å²) in [5, 5.41) is 3.56. The smallest absolute Gasteiger partial charge is 0.272 e. The van der Waals surface area contributed by atoms with Crippen molar-refractivity contribution in [2.45, 2.75) is 6.54 Å². The van der Waals surface area contributed by atoms with Gasteiger partial charge in [0.25, 0.3) is 5.91 Å². The second-order valence-electron chi connectivity index (χ2n) is 7.45. The van der Waals surface area contributed by atoms with Gasteiger partial charge in [-0.1, -0.05) is 18.2 Å². The van der Waals surface area contributed by atoms with Crippen LogP contribution in [0.25, 0.3) is 15.8 Å². The molecule has 1 fully saturated rings. The fraction of sp³-hybridized carbons (Fsp3) is 0.217. The summed E-state index contributed by atoms with van der Waals surface area (Å²) in [6.45, 7) is 3.92. The molecule has 1 aliphatic heterocycles. The van der Waals surface area contributed by atoms with Crippen molar-refractivity contribution in [2.24, 2.45) is 0 Å². The van der Waals surface area contributed by atoms with Crippen LogP contribution in [0.15, 0.2) is 66.4 Å². The van der Waals surface area contributed by atoms with Crippen molar-refractivity contribution in [1.82, 2.24) is 19.4 Å². The highest BCUT2D eigenvalue weighted by Crippen LogP contribution is 2.27. The summed E-state index contributed by atoms with van der Waals surface area (Å²) in [6.07, 6.45) is 3.17. The number of fused-ring (bicyclic) bond motifs is 1. The minimum absolute atomic E-state index is 0.0440. The number of hydrogen-bond acceptors (Lipinski definition) is 4. The Morgan fingerprint density at radius 1 is 1.03 bits per heavy atom. The molecule has 3 heterocycles. The van der Waals surface area contributed by atoms with Gasteiger partial charge in [-0.2, -0.15) is 0 Å². The average Bonchev–Trinajstić information content (AvgIpc) is 3.42. The van der Waals surface area contributed by atoms with Gasteiger partial charge >= 0.3 is 0 Å². The molecule has 152 valence electrons. The second-order valence-corrected chi connectivity index (χ2v) is 8.36. The zero-order valence-corrected chi connectivity index (χ0v) is 17.2. The Kier molecular flexibility index (Phi) is 5.06. The first kappa shape index (κ1) is 19.0. The topological polar surface area (TPSA) is 41.4 Å². The Morgan fingerprint density at radius 2 is 1.80 bits per heavy atom. The highest BCUT2D eigenvalue weighted by molar-refractivity contribution is 7.17. The van der Waals surface area contributed by atoms with Gasteiger partial charge in [-0.25, -0.2) is 9.37 Å². The number of carbonyl (C=O) groups is 1. The van der Waals surface area contributed by atoms with Crippen molar-refractivity contribution in [3.05, 3.63) is 83.5 Å². The van der Waals surface area contributed by atoms with E-state index < -0.39 is 0 Å². The number of carbonyl (C=O) groups excluding carboxylic acids is 1. The first-order valence-corrected chi connectivity index (χ1v) is 10.8. The molecule has 30 heavy (non-hydrogen) atoms. The molecule has 0 radical (unpaired) electrons. The lowest BCUT2D eigenvalue weighted by Gasteiger charge is -2.34. The molecule has 0 atom stereocenters. The van der Waals surface area contributed by atoms with E-state index in [0.29, 0.717) is 18.8 Å². The summed E-state index contributed by atoms with van der Waals surface area (Å²) >= 11 is 1.78. The van der Waals surface area contributed by atoms with Gasteiger partial charge in [0.05, 0.1) is 12.5 Å². The summed E-state index contributed by atoms with van der Waals surface area (Å²) in [6, 6.07) is 14.6. The van der Waals surface area contributed by atoms with Gasteiger partial charge in [0.15, 0.2) is 0 Å². The molecular formula is C23H21FN4OS. The Hall–Kier alpha value is -3.03. The lowest BCUT2D eigenvalue weighted by Crippen LogP contribution is -2.48. The summed E-state index contributed by atoms with van der Waals surface area (Å²) in [5.41, 5.74) is 2.57. The number of hydrogen-bond donors (Lipinski definition) is 0. The van der Waals surface area contributed by atoms with Crippen LogP contribution in [-0.2, 0) is 6.54 Å². The summed E-state index contributed by atoms with van der Waals surface area (Å²) in [5.74, 6) is -0.348. The third kappa shape index (κ3) is 3.62. The van der Waals surface area contributed by atoms with Gasteiger partial charge in [-0.05, 0) is 46.7 Å².